The van der Waals surface area contributed by atoms with Crippen molar-refractivity contribution in [1.82, 2.24) is 24.4 Å². The van der Waals surface area contributed by atoms with Crippen molar-refractivity contribution >= 4 is 40.6 Å². The van der Waals surface area contributed by atoms with Crippen molar-refractivity contribution in [1.29, 1.82) is 0 Å². The third kappa shape index (κ3) is 4.42. The third-order valence-electron chi connectivity index (χ3n) is 4.70. The monoisotopic (exact) mass is 518 g/mol. The van der Waals surface area contributed by atoms with E-state index in [2.05, 4.69) is 20.5 Å². The molecular weight excluding hydrogens is 506 g/mol. The maximum Gasteiger partial charge on any atom is 0.459 e. The molecule has 1 aromatic carbocycles. The summed E-state index contributed by atoms with van der Waals surface area (Å²) >= 11 is 12.2. The Kier molecular flexibility index (Phi) is 5.98. The summed E-state index contributed by atoms with van der Waals surface area (Å²) in [4.78, 5) is 16.5. The van der Waals surface area contributed by atoms with Gasteiger partial charge in [0.25, 0.3) is 5.91 Å². The summed E-state index contributed by atoms with van der Waals surface area (Å²) in [5.74, 6) is -6.23. The Balaban J connectivity index is 1.63. The summed E-state index contributed by atoms with van der Waals surface area (Å²) < 4.78 is 68.6. The number of halogens is 7. The quantitative estimate of drug-likeness (QED) is 0.354. The molecule has 3 heterocycles. The van der Waals surface area contributed by atoms with Crippen LogP contribution in [0.1, 0.15) is 27.4 Å². The topological polar surface area (TPSA) is 77.1 Å². The lowest BCUT2D eigenvalue weighted by molar-refractivity contribution is -0.291. The molecule has 0 spiro atoms. The number of benzene rings is 1. The van der Waals surface area contributed by atoms with E-state index in [9.17, 15) is 26.7 Å². The minimum Gasteiger partial charge on any atom is -0.302 e. The number of nitrogens with zero attached hydrogens (tertiary/aromatic N) is 5. The lowest BCUT2D eigenvalue weighted by Crippen LogP contribution is -2.36. The molecule has 0 aliphatic carbocycles. The Morgan fingerprint density at radius 3 is 2.44 bits per heavy atom. The van der Waals surface area contributed by atoms with Crippen LogP contribution in [0.25, 0.3) is 5.65 Å². The second kappa shape index (κ2) is 8.51. The van der Waals surface area contributed by atoms with Gasteiger partial charge in [0.05, 0.1) is 6.54 Å². The zero-order valence-corrected chi connectivity index (χ0v) is 18.6. The summed E-state index contributed by atoms with van der Waals surface area (Å²) in [6.07, 6.45) is -4.44. The SMILES string of the molecule is Cc1cc(C(F)(F)C(F)(F)F)n2nc(C(=O)Nc3nn(Cc4ccccc4Cl)cc3Cl)cc2n1. The van der Waals surface area contributed by atoms with Gasteiger partial charge in [-0.1, -0.05) is 41.4 Å². The van der Waals surface area contributed by atoms with E-state index in [4.69, 9.17) is 23.2 Å². The molecule has 34 heavy (non-hydrogen) atoms. The van der Waals surface area contributed by atoms with E-state index < -0.39 is 29.4 Å². The molecule has 0 fully saturated rings. The number of aryl methyl sites for hydroxylation is 1. The van der Waals surface area contributed by atoms with E-state index in [0.29, 0.717) is 11.1 Å². The molecule has 7 nitrogen and oxygen atoms in total. The van der Waals surface area contributed by atoms with Gasteiger partial charge in [0.15, 0.2) is 17.2 Å². The molecule has 4 rings (SSSR count). The molecule has 0 unspecified atom stereocenters. The summed E-state index contributed by atoms with van der Waals surface area (Å²) in [6.45, 7) is 1.48. The summed E-state index contributed by atoms with van der Waals surface area (Å²) in [7, 11) is 0. The fourth-order valence-electron chi connectivity index (χ4n) is 3.12. The number of nitrogens with one attached hydrogen (secondary N) is 1. The molecule has 14 heteroatoms. The normalized spacial score (nSPS) is 12.4. The average molecular weight is 519 g/mol. The van der Waals surface area contributed by atoms with Gasteiger partial charge in [-0.05, 0) is 24.6 Å². The van der Waals surface area contributed by atoms with E-state index in [1.54, 1.807) is 24.3 Å². The molecule has 1 N–H and O–H groups in total. The van der Waals surface area contributed by atoms with Gasteiger partial charge >= 0.3 is 12.1 Å². The number of carbonyl (C=O) groups is 1. The second-order valence-electron chi connectivity index (χ2n) is 7.22. The highest BCUT2D eigenvalue weighted by molar-refractivity contribution is 6.33. The number of hydrogen-bond acceptors (Lipinski definition) is 4. The summed E-state index contributed by atoms with van der Waals surface area (Å²) in [6, 6.07) is 8.55. The van der Waals surface area contributed by atoms with Gasteiger partial charge in [-0.2, -0.15) is 32.1 Å². The smallest absolute Gasteiger partial charge is 0.302 e. The third-order valence-corrected chi connectivity index (χ3v) is 5.35. The summed E-state index contributed by atoms with van der Waals surface area (Å²) in [5, 5.41) is 10.7. The molecule has 0 aliphatic rings. The first-order chi connectivity index (χ1) is 15.9. The molecule has 0 aliphatic heterocycles. The van der Waals surface area contributed by atoms with E-state index in [1.807, 2.05) is 0 Å². The Bertz CT molecular complexity index is 1400. The lowest BCUT2D eigenvalue weighted by Gasteiger charge is -2.20. The lowest BCUT2D eigenvalue weighted by atomic mass is 10.2. The number of fused-ring (bicyclic) bond motifs is 1. The van der Waals surface area contributed by atoms with Gasteiger partial charge in [-0.25, -0.2) is 9.50 Å². The first-order valence-corrected chi connectivity index (χ1v) is 10.2. The van der Waals surface area contributed by atoms with Crippen molar-refractivity contribution in [2.24, 2.45) is 0 Å². The van der Waals surface area contributed by atoms with Crippen molar-refractivity contribution in [3.63, 3.8) is 0 Å². The van der Waals surface area contributed by atoms with Gasteiger partial charge in [-0.15, -0.1) is 0 Å². The van der Waals surface area contributed by atoms with Crippen LogP contribution >= 0.6 is 23.2 Å². The summed E-state index contributed by atoms with van der Waals surface area (Å²) in [5.41, 5.74) is -1.67. The average Bonchev–Trinajstić information content (AvgIpc) is 3.31. The van der Waals surface area contributed by atoms with E-state index in [-0.39, 0.29) is 33.2 Å². The zero-order chi connectivity index (χ0) is 24.8. The van der Waals surface area contributed by atoms with Crippen LogP contribution in [0.15, 0.2) is 42.6 Å². The minimum atomic E-state index is -5.87. The number of rotatable bonds is 5. The highest BCUT2D eigenvalue weighted by Gasteiger charge is 2.60. The van der Waals surface area contributed by atoms with Gasteiger partial charge in [0.2, 0.25) is 0 Å². The van der Waals surface area contributed by atoms with Crippen molar-refractivity contribution < 1.29 is 26.7 Å². The predicted octanol–water partition coefficient (Wildman–Crippen LogP) is 5.50. The largest absolute Gasteiger partial charge is 0.459 e. The molecule has 1 amide bonds. The van der Waals surface area contributed by atoms with Crippen LogP contribution in [0.5, 0.6) is 0 Å². The van der Waals surface area contributed by atoms with Crippen LogP contribution in [0, 0.1) is 6.92 Å². The van der Waals surface area contributed by atoms with Crippen LogP contribution in [0.3, 0.4) is 0 Å². The Morgan fingerprint density at radius 2 is 1.76 bits per heavy atom. The van der Waals surface area contributed by atoms with Crippen LogP contribution in [0.2, 0.25) is 10.0 Å². The maximum absolute atomic E-state index is 14.0. The van der Waals surface area contributed by atoms with Crippen LogP contribution in [-0.4, -0.2) is 36.5 Å². The molecule has 178 valence electrons. The molecule has 0 radical (unpaired) electrons. The molecule has 4 aromatic rings. The van der Waals surface area contributed by atoms with Crippen molar-refractivity contribution in [3.05, 3.63) is 75.3 Å². The molecular formula is C20H13Cl2F5N6O. The maximum atomic E-state index is 14.0. The highest BCUT2D eigenvalue weighted by Crippen LogP contribution is 2.43. The second-order valence-corrected chi connectivity index (χ2v) is 8.04. The number of hydrogen-bond donors (Lipinski definition) is 1. The Morgan fingerprint density at radius 1 is 1.06 bits per heavy atom. The van der Waals surface area contributed by atoms with Gasteiger partial charge in [0.1, 0.15) is 10.7 Å². The van der Waals surface area contributed by atoms with E-state index in [1.165, 1.54) is 17.8 Å². The number of anilines is 1. The van der Waals surface area contributed by atoms with E-state index in [0.717, 1.165) is 11.6 Å². The van der Waals surface area contributed by atoms with Crippen molar-refractivity contribution in [3.8, 4) is 0 Å². The van der Waals surface area contributed by atoms with Gasteiger partial charge in [-0.3, -0.25) is 9.48 Å². The fourth-order valence-corrected chi connectivity index (χ4v) is 3.51. The number of aromatic nitrogens is 5. The van der Waals surface area contributed by atoms with E-state index >= 15 is 0 Å². The molecule has 0 saturated heterocycles. The number of alkyl halides is 5. The molecule has 0 bridgehead atoms. The van der Waals surface area contributed by atoms with Crippen molar-refractivity contribution in [2.45, 2.75) is 25.6 Å². The highest BCUT2D eigenvalue weighted by atomic mass is 35.5. The molecule has 0 saturated carbocycles. The first-order valence-electron chi connectivity index (χ1n) is 9.47. The Hall–Kier alpha value is -3.25. The van der Waals surface area contributed by atoms with Gasteiger partial charge < -0.3 is 5.32 Å². The minimum absolute atomic E-state index is 0.0578. The van der Waals surface area contributed by atoms with Gasteiger partial charge in [0, 0.05) is 23.0 Å². The fraction of sp³-hybridized carbons (Fsp3) is 0.200. The van der Waals surface area contributed by atoms with Crippen LogP contribution < -0.4 is 5.32 Å². The van der Waals surface area contributed by atoms with Crippen LogP contribution in [0.4, 0.5) is 27.8 Å². The zero-order valence-electron chi connectivity index (χ0n) is 17.0. The van der Waals surface area contributed by atoms with Crippen LogP contribution in [-0.2, 0) is 12.5 Å². The number of amides is 1. The first kappa shape index (κ1) is 23.9. The number of carbonyl (C=O) groups excluding carboxylic acids is 1. The Labute approximate surface area is 198 Å². The molecule has 0 atom stereocenters. The standard InChI is InChI=1S/C20H13Cl2F5N6O/c1-10-6-15(19(23,24)20(25,26)27)33-16(28-10)7-14(30-33)18(34)29-17-13(22)9-32(31-17)8-11-4-2-3-5-12(11)21/h2-7,9H,8H2,1H3,(H,29,31,34). The molecule has 3 aromatic heterocycles. The predicted molar refractivity (Wildman–Crippen MR) is 113 cm³/mol. The van der Waals surface area contributed by atoms with Crippen molar-refractivity contribution in [2.75, 3.05) is 5.32 Å².